The lowest BCUT2D eigenvalue weighted by Gasteiger charge is -2.27. The van der Waals surface area contributed by atoms with Crippen molar-refractivity contribution in [1.29, 1.82) is 0 Å². The quantitative estimate of drug-likeness (QED) is 0.437. The predicted octanol–water partition coefficient (Wildman–Crippen LogP) is 4.28. The molecule has 0 aliphatic carbocycles. The van der Waals surface area contributed by atoms with Crippen molar-refractivity contribution in [2.75, 3.05) is 36.5 Å². The number of nitrogens with zero attached hydrogens (tertiary/aromatic N) is 4. The maximum absolute atomic E-state index is 6.45. The highest BCUT2D eigenvalue weighted by atomic mass is 35.5. The van der Waals surface area contributed by atoms with Gasteiger partial charge in [-0.15, -0.1) is 0 Å². The smallest absolute Gasteiger partial charge is 0.227 e. The number of pyridine rings is 1. The summed E-state index contributed by atoms with van der Waals surface area (Å²) in [6.07, 6.45) is 2.70. The van der Waals surface area contributed by atoms with Crippen LogP contribution in [0, 0.1) is 0 Å². The Kier molecular flexibility index (Phi) is 6.26. The first-order valence-electron chi connectivity index (χ1n) is 11.0. The first-order valence-corrected chi connectivity index (χ1v) is 11.9. The van der Waals surface area contributed by atoms with Crippen LogP contribution in [0.1, 0.15) is 12.6 Å². The number of fused-ring (bicyclic) bond motifs is 1. The molecule has 1 fully saturated rings. The SMILES string of the molecule is CCc1cc(Nc2cc3ccc(-c4c([Si])cccc4Cl)cc3cn2)nc(N2CCOCC2)n1. The standard InChI is InChI=1S/C25H23ClN5OSi/c1-2-19-14-23(30-25(28-19)31-8-10-32-11-9-31)29-22-13-16-6-7-17(12-18(16)15-27-22)24-20(26)4-3-5-21(24)33/h3-7,12-15H,2,8-11H2,1H3,(H,27,28,29,30). The molecule has 3 radical (unpaired) electrons. The largest absolute Gasteiger partial charge is 0.378 e. The molecule has 0 unspecified atom stereocenters. The first kappa shape index (κ1) is 21.8. The fourth-order valence-corrected chi connectivity index (χ4v) is 4.69. The second kappa shape index (κ2) is 9.47. The summed E-state index contributed by atoms with van der Waals surface area (Å²) in [5.41, 5.74) is 3.01. The summed E-state index contributed by atoms with van der Waals surface area (Å²) < 4.78 is 5.46. The Morgan fingerprint density at radius 2 is 1.88 bits per heavy atom. The van der Waals surface area contributed by atoms with Gasteiger partial charge >= 0.3 is 0 Å². The molecule has 1 aliphatic rings. The van der Waals surface area contributed by atoms with Gasteiger partial charge in [-0.2, -0.15) is 4.98 Å². The Hall–Kier alpha value is -3.00. The van der Waals surface area contributed by atoms with Gasteiger partial charge in [0.1, 0.15) is 11.6 Å². The summed E-state index contributed by atoms with van der Waals surface area (Å²) in [4.78, 5) is 16.2. The van der Waals surface area contributed by atoms with Gasteiger partial charge in [0.05, 0.1) is 23.5 Å². The van der Waals surface area contributed by atoms with Gasteiger partial charge in [0, 0.05) is 41.5 Å². The number of nitrogens with one attached hydrogen (secondary N) is 1. The summed E-state index contributed by atoms with van der Waals surface area (Å²) in [5.74, 6) is 2.21. The summed E-state index contributed by atoms with van der Waals surface area (Å²) in [6.45, 7) is 5.08. The van der Waals surface area contributed by atoms with Crippen molar-refractivity contribution < 1.29 is 4.74 Å². The molecule has 33 heavy (non-hydrogen) atoms. The van der Waals surface area contributed by atoms with Gasteiger partial charge in [-0.05, 0) is 41.1 Å². The van der Waals surface area contributed by atoms with Crippen LogP contribution in [0.3, 0.4) is 0 Å². The molecule has 1 N–H and O–H groups in total. The van der Waals surface area contributed by atoms with E-state index in [4.69, 9.17) is 26.3 Å². The van der Waals surface area contributed by atoms with Crippen LogP contribution in [-0.2, 0) is 11.2 Å². The Morgan fingerprint density at radius 3 is 2.67 bits per heavy atom. The average molecular weight is 473 g/mol. The van der Waals surface area contributed by atoms with E-state index in [1.807, 2.05) is 36.5 Å². The zero-order valence-electron chi connectivity index (χ0n) is 18.3. The lowest BCUT2D eigenvalue weighted by Crippen LogP contribution is -2.37. The Bertz CT molecular complexity index is 1290. The molecule has 2 aromatic heterocycles. The fourth-order valence-electron chi connectivity index (χ4n) is 3.95. The summed E-state index contributed by atoms with van der Waals surface area (Å²) in [7, 11) is 3.67. The number of halogens is 1. The summed E-state index contributed by atoms with van der Waals surface area (Å²) >= 11 is 6.45. The van der Waals surface area contributed by atoms with Crippen molar-refractivity contribution in [3.05, 3.63) is 65.4 Å². The molecular weight excluding hydrogens is 450 g/mol. The zero-order valence-corrected chi connectivity index (χ0v) is 20.1. The molecule has 3 heterocycles. The van der Waals surface area contributed by atoms with E-state index >= 15 is 0 Å². The minimum absolute atomic E-state index is 0.696. The van der Waals surface area contributed by atoms with Crippen LogP contribution in [0.4, 0.5) is 17.6 Å². The van der Waals surface area contributed by atoms with E-state index in [0.29, 0.717) is 18.2 Å². The zero-order chi connectivity index (χ0) is 22.8. The highest BCUT2D eigenvalue weighted by Gasteiger charge is 2.16. The van der Waals surface area contributed by atoms with E-state index in [1.54, 1.807) is 0 Å². The van der Waals surface area contributed by atoms with Crippen LogP contribution in [0.25, 0.3) is 21.9 Å². The van der Waals surface area contributed by atoms with Crippen molar-refractivity contribution in [1.82, 2.24) is 15.0 Å². The number of morpholine rings is 1. The van der Waals surface area contributed by atoms with Gasteiger partial charge in [0.2, 0.25) is 5.95 Å². The molecule has 0 atom stereocenters. The third-order valence-corrected chi connectivity index (χ3v) is 6.44. The Labute approximate surface area is 201 Å². The maximum Gasteiger partial charge on any atom is 0.227 e. The number of hydrogen-bond acceptors (Lipinski definition) is 6. The normalized spacial score (nSPS) is 14.0. The molecule has 0 saturated carbocycles. The van der Waals surface area contributed by atoms with E-state index in [2.05, 4.69) is 50.6 Å². The molecule has 5 rings (SSSR count). The van der Waals surface area contributed by atoms with E-state index in [0.717, 1.165) is 69.9 Å². The monoisotopic (exact) mass is 472 g/mol. The number of hydrogen-bond donors (Lipinski definition) is 1. The molecule has 6 nitrogen and oxygen atoms in total. The van der Waals surface area contributed by atoms with E-state index in [1.165, 1.54) is 0 Å². The molecular formula is C25H23ClN5OSi. The van der Waals surface area contributed by atoms with Gasteiger partial charge in [-0.25, -0.2) is 9.97 Å². The number of benzene rings is 2. The van der Waals surface area contributed by atoms with Gasteiger partial charge in [0.25, 0.3) is 0 Å². The maximum atomic E-state index is 6.45. The van der Waals surface area contributed by atoms with Crippen LogP contribution in [0.5, 0.6) is 0 Å². The highest BCUT2D eigenvalue weighted by Crippen LogP contribution is 2.29. The van der Waals surface area contributed by atoms with Crippen LogP contribution in [0.15, 0.2) is 54.7 Å². The summed E-state index contributed by atoms with van der Waals surface area (Å²) in [5, 5.41) is 7.15. The topological polar surface area (TPSA) is 63.2 Å². The van der Waals surface area contributed by atoms with Gasteiger partial charge < -0.3 is 15.0 Å². The van der Waals surface area contributed by atoms with Crippen LogP contribution >= 0.6 is 11.6 Å². The van der Waals surface area contributed by atoms with Crippen LogP contribution in [-0.4, -0.2) is 51.5 Å². The average Bonchev–Trinajstić information content (AvgIpc) is 2.84. The van der Waals surface area contributed by atoms with Gasteiger partial charge in [0.15, 0.2) is 0 Å². The number of aryl methyl sites for hydroxylation is 1. The van der Waals surface area contributed by atoms with E-state index in [-0.39, 0.29) is 0 Å². The molecule has 0 spiro atoms. The molecule has 1 aliphatic heterocycles. The third-order valence-electron chi connectivity index (χ3n) is 5.70. The molecule has 165 valence electrons. The van der Waals surface area contributed by atoms with E-state index < -0.39 is 0 Å². The fraction of sp³-hybridized carbons (Fsp3) is 0.240. The number of aromatic nitrogens is 3. The minimum atomic E-state index is 0.696. The molecule has 4 aromatic rings. The molecule has 1 saturated heterocycles. The van der Waals surface area contributed by atoms with Gasteiger partial charge in [-0.1, -0.05) is 48.0 Å². The molecule has 0 bridgehead atoms. The van der Waals surface area contributed by atoms with Crippen molar-refractivity contribution >= 4 is 55.4 Å². The molecule has 2 aromatic carbocycles. The first-order chi connectivity index (χ1) is 16.1. The second-order valence-corrected chi connectivity index (χ2v) is 8.86. The van der Waals surface area contributed by atoms with Crippen molar-refractivity contribution in [3.63, 3.8) is 0 Å². The van der Waals surface area contributed by atoms with Crippen molar-refractivity contribution in [2.24, 2.45) is 0 Å². The van der Waals surface area contributed by atoms with Crippen molar-refractivity contribution in [2.45, 2.75) is 13.3 Å². The Morgan fingerprint density at radius 1 is 1.03 bits per heavy atom. The number of ether oxygens (including phenoxy) is 1. The highest BCUT2D eigenvalue weighted by molar-refractivity contribution is 6.41. The second-order valence-electron chi connectivity index (χ2n) is 7.92. The predicted molar refractivity (Wildman–Crippen MR) is 135 cm³/mol. The lowest BCUT2D eigenvalue weighted by molar-refractivity contribution is 0.122. The van der Waals surface area contributed by atoms with Gasteiger partial charge in [-0.3, -0.25) is 0 Å². The Balaban J connectivity index is 1.44. The number of anilines is 3. The van der Waals surface area contributed by atoms with E-state index in [9.17, 15) is 0 Å². The lowest BCUT2D eigenvalue weighted by atomic mass is 10.0. The molecule has 0 amide bonds. The molecule has 8 heteroatoms. The minimum Gasteiger partial charge on any atom is -0.378 e. The third kappa shape index (κ3) is 4.71. The number of rotatable bonds is 5. The summed E-state index contributed by atoms with van der Waals surface area (Å²) in [6, 6.07) is 16.1. The van der Waals surface area contributed by atoms with Crippen LogP contribution < -0.4 is 15.4 Å². The van der Waals surface area contributed by atoms with Crippen molar-refractivity contribution in [3.8, 4) is 11.1 Å². The van der Waals surface area contributed by atoms with Crippen LogP contribution in [0.2, 0.25) is 5.02 Å².